The van der Waals surface area contributed by atoms with Crippen LogP contribution in [0.3, 0.4) is 0 Å². The Labute approximate surface area is 164 Å². The molecule has 3 fully saturated rings. The number of rotatable bonds is 4. The van der Waals surface area contributed by atoms with E-state index < -0.39 is 5.97 Å². The van der Waals surface area contributed by atoms with E-state index >= 15 is 0 Å². The van der Waals surface area contributed by atoms with Crippen LogP contribution in [0, 0.1) is 46.3 Å². The van der Waals surface area contributed by atoms with Crippen molar-refractivity contribution in [3.05, 3.63) is 11.8 Å². The molecular formula is C24H38O3. The van der Waals surface area contributed by atoms with Crippen LogP contribution in [0.5, 0.6) is 0 Å². The topological polar surface area (TPSA) is 57.5 Å². The fourth-order valence-corrected chi connectivity index (χ4v) is 8.39. The van der Waals surface area contributed by atoms with E-state index in [1.165, 1.54) is 38.5 Å². The summed E-state index contributed by atoms with van der Waals surface area (Å²) >= 11 is 0. The van der Waals surface area contributed by atoms with Gasteiger partial charge in [0.2, 0.25) is 0 Å². The zero-order chi connectivity index (χ0) is 19.4. The number of fused-ring (bicyclic) bond motifs is 5. The predicted octanol–water partition coefficient (Wildman–Crippen LogP) is 6.20. The van der Waals surface area contributed by atoms with E-state index in [9.17, 15) is 9.90 Å². The van der Waals surface area contributed by atoms with Gasteiger partial charge in [-0.25, -0.2) is 0 Å². The quantitative estimate of drug-likeness (QED) is 0.616. The first-order valence-electron chi connectivity index (χ1n) is 11.4. The highest BCUT2D eigenvalue weighted by molar-refractivity contribution is 5.66. The van der Waals surface area contributed by atoms with Gasteiger partial charge in [0.05, 0.1) is 5.76 Å². The third kappa shape index (κ3) is 3.04. The summed E-state index contributed by atoms with van der Waals surface area (Å²) in [6, 6.07) is 0. The molecule has 4 rings (SSSR count). The summed E-state index contributed by atoms with van der Waals surface area (Å²) in [5, 5.41) is 19.1. The van der Waals surface area contributed by atoms with Crippen LogP contribution in [0.25, 0.3) is 0 Å². The molecule has 0 aliphatic heterocycles. The Bertz CT molecular complexity index is 625. The van der Waals surface area contributed by atoms with Gasteiger partial charge in [-0.05, 0) is 104 Å². The van der Waals surface area contributed by atoms with E-state index in [4.69, 9.17) is 5.11 Å². The highest BCUT2D eigenvalue weighted by Gasteiger charge is 2.60. The molecule has 0 amide bonds. The van der Waals surface area contributed by atoms with Gasteiger partial charge in [-0.3, -0.25) is 4.79 Å². The molecule has 0 saturated heterocycles. The Morgan fingerprint density at radius 3 is 2.63 bits per heavy atom. The van der Waals surface area contributed by atoms with Crippen molar-refractivity contribution in [2.45, 2.75) is 85.0 Å². The first-order chi connectivity index (χ1) is 12.8. The van der Waals surface area contributed by atoms with Crippen LogP contribution in [0.2, 0.25) is 0 Å². The molecule has 2 N–H and O–H groups in total. The van der Waals surface area contributed by atoms with Gasteiger partial charge in [-0.1, -0.05) is 20.8 Å². The van der Waals surface area contributed by atoms with Gasteiger partial charge in [0.15, 0.2) is 0 Å². The number of aliphatic carboxylic acids is 1. The van der Waals surface area contributed by atoms with E-state index in [2.05, 4.69) is 26.8 Å². The lowest BCUT2D eigenvalue weighted by Crippen LogP contribution is -2.52. The Balaban J connectivity index is 1.53. The Morgan fingerprint density at radius 1 is 1.15 bits per heavy atom. The lowest BCUT2D eigenvalue weighted by atomic mass is 9.45. The molecule has 8 atom stereocenters. The molecule has 0 spiro atoms. The number of carboxylic acid groups (broad SMARTS) is 1. The maximum atomic E-state index is 11.0. The van der Waals surface area contributed by atoms with E-state index in [0.717, 1.165) is 37.0 Å². The molecule has 3 saturated carbocycles. The second-order valence-corrected chi connectivity index (χ2v) is 10.9. The van der Waals surface area contributed by atoms with Gasteiger partial charge in [-0.2, -0.15) is 0 Å². The molecular weight excluding hydrogens is 336 g/mol. The fourth-order valence-electron chi connectivity index (χ4n) is 8.39. The van der Waals surface area contributed by atoms with Crippen LogP contribution in [0.4, 0.5) is 0 Å². The number of hydrogen-bond acceptors (Lipinski definition) is 2. The molecule has 0 bridgehead atoms. The molecule has 3 heteroatoms. The molecule has 152 valence electrons. The third-order valence-corrected chi connectivity index (χ3v) is 9.87. The highest BCUT2D eigenvalue weighted by Crippen LogP contribution is 2.68. The number of carbonyl (C=O) groups is 1. The second kappa shape index (κ2) is 6.81. The SMILES string of the molecule is C[C@H](CCC(=O)O)[C@H]1CC[C@H]2[C@@H]3CCC4CC(O)=CC[C@]4(C)[C@H]3CC[C@]12C. The standard InChI is InChI=1S/C24H38O3/c1-15(4-9-22(26)27)19-7-8-20-18-6-5-16-14-17(25)10-12-23(16,2)21(18)11-13-24(19,20)3/h10,15-16,18-21,25H,4-9,11-14H2,1-3H3,(H,26,27)/t15-,16?,18+,19-,20+,21+,23+,24-/m1/s1. The van der Waals surface area contributed by atoms with Crippen molar-refractivity contribution < 1.29 is 15.0 Å². The van der Waals surface area contributed by atoms with Crippen LogP contribution in [-0.4, -0.2) is 16.2 Å². The molecule has 0 heterocycles. The monoisotopic (exact) mass is 374 g/mol. The number of carboxylic acids is 1. The van der Waals surface area contributed by atoms with Crippen molar-refractivity contribution >= 4 is 5.97 Å². The normalized spacial score (nSPS) is 47.4. The van der Waals surface area contributed by atoms with Gasteiger partial charge in [0.1, 0.15) is 0 Å². The van der Waals surface area contributed by atoms with Crippen LogP contribution >= 0.6 is 0 Å². The predicted molar refractivity (Wildman–Crippen MR) is 107 cm³/mol. The second-order valence-electron chi connectivity index (χ2n) is 10.9. The van der Waals surface area contributed by atoms with Crippen molar-refractivity contribution in [2.75, 3.05) is 0 Å². The Kier molecular flexibility index (Phi) is 4.88. The highest BCUT2D eigenvalue weighted by atomic mass is 16.4. The smallest absolute Gasteiger partial charge is 0.303 e. The minimum Gasteiger partial charge on any atom is -0.513 e. The summed E-state index contributed by atoms with van der Waals surface area (Å²) in [4.78, 5) is 11.0. The number of allylic oxidation sites excluding steroid dienone is 2. The van der Waals surface area contributed by atoms with Crippen molar-refractivity contribution in [2.24, 2.45) is 46.3 Å². The van der Waals surface area contributed by atoms with Crippen molar-refractivity contribution in [1.82, 2.24) is 0 Å². The molecule has 0 radical (unpaired) electrons. The molecule has 0 aromatic rings. The summed E-state index contributed by atoms with van der Waals surface area (Å²) < 4.78 is 0. The Hall–Kier alpha value is -0.990. The van der Waals surface area contributed by atoms with Crippen molar-refractivity contribution in [1.29, 1.82) is 0 Å². The summed E-state index contributed by atoms with van der Waals surface area (Å²) in [5.41, 5.74) is 0.790. The van der Waals surface area contributed by atoms with Crippen molar-refractivity contribution in [3.8, 4) is 0 Å². The number of hydrogen-bond donors (Lipinski definition) is 2. The molecule has 0 aromatic carbocycles. The van der Waals surface area contributed by atoms with Crippen molar-refractivity contribution in [3.63, 3.8) is 0 Å². The van der Waals surface area contributed by atoms with Crippen LogP contribution < -0.4 is 0 Å². The zero-order valence-corrected chi connectivity index (χ0v) is 17.4. The van der Waals surface area contributed by atoms with Gasteiger partial charge < -0.3 is 10.2 Å². The van der Waals surface area contributed by atoms with E-state index in [-0.39, 0.29) is 0 Å². The maximum Gasteiger partial charge on any atom is 0.303 e. The third-order valence-electron chi connectivity index (χ3n) is 9.87. The van der Waals surface area contributed by atoms with Crippen LogP contribution in [0.1, 0.15) is 85.0 Å². The first kappa shape index (κ1) is 19.3. The van der Waals surface area contributed by atoms with Crippen LogP contribution in [0.15, 0.2) is 11.8 Å². The van der Waals surface area contributed by atoms with E-state index in [1.807, 2.05) is 0 Å². The average Bonchev–Trinajstić information content (AvgIpc) is 2.97. The van der Waals surface area contributed by atoms with E-state index in [1.54, 1.807) is 0 Å². The molecule has 3 nitrogen and oxygen atoms in total. The molecule has 4 aliphatic rings. The summed E-state index contributed by atoms with van der Waals surface area (Å²) in [5.74, 6) is 4.35. The van der Waals surface area contributed by atoms with Gasteiger partial charge in [0.25, 0.3) is 0 Å². The average molecular weight is 375 g/mol. The molecule has 27 heavy (non-hydrogen) atoms. The maximum absolute atomic E-state index is 11.0. The molecule has 0 aromatic heterocycles. The Morgan fingerprint density at radius 2 is 1.89 bits per heavy atom. The minimum absolute atomic E-state index is 0.319. The van der Waals surface area contributed by atoms with Gasteiger partial charge in [0, 0.05) is 12.8 Å². The summed E-state index contributed by atoms with van der Waals surface area (Å²) in [6.45, 7) is 7.37. The summed E-state index contributed by atoms with van der Waals surface area (Å²) in [7, 11) is 0. The lowest BCUT2D eigenvalue weighted by molar-refractivity contribution is -0.137. The van der Waals surface area contributed by atoms with Gasteiger partial charge in [-0.15, -0.1) is 0 Å². The fraction of sp³-hybridized carbons (Fsp3) is 0.875. The minimum atomic E-state index is -0.648. The van der Waals surface area contributed by atoms with E-state index in [0.29, 0.717) is 40.8 Å². The van der Waals surface area contributed by atoms with Crippen LogP contribution in [-0.2, 0) is 4.79 Å². The zero-order valence-electron chi connectivity index (χ0n) is 17.4. The lowest BCUT2D eigenvalue weighted by Gasteiger charge is -2.60. The van der Waals surface area contributed by atoms with Gasteiger partial charge >= 0.3 is 5.97 Å². The molecule has 1 unspecified atom stereocenters. The number of aliphatic hydroxyl groups excluding tert-OH is 1. The summed E-state index contributed by atoms with van der Waals surface area (Å²) in [6.07, 6.45) is 13.1. The first-order valence-corrected chi connectivity index (χ1v) is 11.4. The largest absolute Gasteiger partial charge is 0.513 e. The number of aliphatic hydroxyl groups is 1. The molecule has 4 aliphatic carbocycles.